The van der Waals surface area contributed by atoms with Crippen molar-refractivity contribution in [1.82, 2.24) is 4.98 Å². The third-order valence-corrected chi connectivity index (χ3v) is 6.99. The number of anilines is 1. The molecule has 6 nitrogen and oxygen atoms in total. The summed E-state index contributed by atoms with van der Waals surface area (Å²) in [4.78, 5) is 19.7. The van der Waals surface area contributed by atoms with Gasteiger partial charge in [0.05, 0.1) is 36.6 Å². The molecular formula is C26H28Cl2N2O4S. The monoisotopic (exact) mass is 534 g/mol. The molecule has 35 heavy (non-hydrogen) atoms. The van der Waals surface area contributed by atoms with E-state index in [1.807, 2.05) is 42.6 Å². The van der Waals surface area contributed by atoms with Crippen molar-refractivity contribution in [2.75, 3.05) is 31.3 Å². The first-order chi connectivity index (χ1) is 17.0. The number of rotatable bonds is 11. The molecule has 4 rings (SSSR count). The highest BCUT2D eigenvalue weighted by Gasteiger charge is 2.26. The molecule has 0 aliphatic carbocycles. The van der Waals surface area contributed by atoms with Crippen LogP contribution >= 0.6 is 34.5 Å². The molecule has 186 valence electrons. The number of ether oxygens (including phenoxy) is 3. The highest BCUT2D eigenvalue weighted by Crippen LogP contribution is 2.34. The zero-order chi connectivity index (χ0) is 24.6. The third-order valence-electron chi connectivity index (χ3n) is 5.58. The van der Waals surface area contributed by atoms with Crippen molar-refractivity contribution in [3.63, 3.8) is 0 Å². The van der Waals surface area contributed by atoms with Crippen molar-refractivity contribution in [2.24, 2.45) is 0 Å². The Hall–Kier alpha value is -2.32. The van der Waals surface area contributed by atoms with Gasteiger partial charge >= 0.3 is 0 Å². The van der Waals surface area contributed by atoms with Crippen molar-refractivity contribution >= 4 is 45.6 Å². The Balaban J connectivity index is 1.39. The normalized spacial score (nSPS) is 15.2. The number of hydrogen-bond donors (Lipinski definition) is 0. The average Bonchev–Trinajstić information content (AvgIpc) is 3.54. The number of halogens is 2. The highest BCUT2D eigenvalue weighted by molar-refractivity contribution is 7.14. The Morgan fingerprint density at radius 2 is 1.94 bits per heavy atom. The topological polar surface area (TPSA) is 60.9 Å². The number of carbonyl (C=O) groups excluding carboxylic acids is 1. The summed E-state index contributed by atoms with van der Waals surface area (Å²) in [6, 6.07) is 12.8. The zero-order valence-corrected chi connectivity index (χ0v) is 21.9. The second kappa shape index (κ2) is 12.6. The molecule has 0 bridgehead atoms. The molecule has 3 aromatic rings. The lowest BCUT2D eigenvalue weighted by molar-refractivity contribution is -0.119. The van der Waals surface area contributed by atoms with E-state index < -0.39 is 0 Å². The van der Waals surface area contributed by atoms with Gasteiger partial charge in [-0.2, -0.15) is 0 Å². The van der Waals surface area contributed by atoms with Crippen LogP contribution in [0.3, 0.4) is 0 Å². The molecule has 1 atom stereocenters. The lowest BCUT2D eigenvalue weighted by Crippen LogP contribution is -2.37. The van der Waals surface area contributed by atoms with Crippen LogP contribution in [0.1, 0.15) is 32.6 Å². The Bertz CT molecular complexity index is 1120. The van der Waals surface area contributed by atoms with E-state index in [2.05, 4.69) is 0 Å². The smallest absolute Gasteiger partial charge is 0.228 e. The van der Waals surface area contributed by atoms with Gasteiger partial charge in [0.2, 0.25) is 5.91 Å². The van der Waals surface area contributed by atoms with E-state index in [1.54, 1.807) is 17.0 Å². The second-order valence-corrected chi connectivity index (χ2v) is 9.82. The quantitative estimate of drug-likeness (QED) is 0.250. The molecule has 1 aromatic heterocycles. The predicted octanol–water partition coefficient (Wildman–Crippen LogP) is 6.89. The average molecular weight is 535 g/mol. The molecule has 9 heteroatoms. The van der Waals surface area contributed by atoms with Crippen molar-refractivity contribution in [3.8, 4) is 22.8 Å². The van der Waals surface area contributed by atoms with E-state index in [-0.39, 0.29) is 12.0 Å². The second-order valence-electron chi connectivity index (χ2n) is 8.14. The van der Waals surface area contributed by atoms with Crippen LogP contribution in [0.5, 0.6) is 11.5 Å². The van der Waals surface area contributed by atoms with Gasteiger partial charge in [0, 0.05) is 29.0 Å². The number of hydrogen-bond acceptors (Lipinski definition) is 6. The Labute approximate surface area is 219 Å². The van der Waals surface area contributed by atoms with Crippen LogP contribution in [0, 0.1) is 0 Å². The van der Waals surface area contributed by atoms with Crippen LogP contribution in [0.25, 0.3) is 11.3 Å². The molecule has 1 amide bonds. The lowest BCUT2D eigenvalue weighted by atomic mass is 10.2. The van der Waals surface area contributed by atoms with Crippen molar-refractivity contribution in [2.45, 2.75) is 38.7 Å². The summed E-state index contributed by atoms with van der Waals surface area (Å²) in [5.41, 5.74) is 1.50. The summed E-state index contributed by atoms with van der Waals surface area (Å²) in [5, 5.41) is 3.64. The Morgan fingerprint density at radius 3 is 2.63 bits per heavy atom. The number of benzene rings is 2. The minimum Gasteiger partial charge on any atom is -0.494 e. The molecule has 2 aromatic carbocycles. The summed E-state index contributed by atoms with van der Waals surface area (Å²) < 4.78 is 17.1. The molecule has 1 unspecified atom stereocenters. The fourth-order valence-electron chi connectivity index (χ4n) is 3.83. The van der Waals surface area contributed by atoms with Crippen LogP contribution < -0.4 is 14.4 Å². The van der Waals surface area contributed by atoms with Gasteiger partial charge in [0.25, 0.3) is 0 Å². The fraction of sp³-hybridized carbons (Fsp3) is 0.385. The maximum absolute atomic E-state index is 13.2. The molecule has 1 aliphatic rings. The number of thiazole rings is 1. The predicted molar refractivity (Wildman–Crippen MR) is 141 cm³/mol. The summed E-state index contributed by atoms with van der Waals surface area (Å²) in [5.74, 6) is 1.56. The van der Waals surface area contributed by atoms with Crippen molar-refractivity contribution < 1.29 is 19.0 Å². The first-order valence-electron chi connectivity index (χ1n) is 11.7. The van der Waals surface area contributed by atoms with E-state index in [4.69, 9.17) is 42.4 Å². The zero-order valence-electron chi connectivity index (χ0n) is 19.5. The van der Waals surface area contributed by atoms with Gasteiger partial charge in [-0.1, -0.05) is 23.2 Å². The van der Waals surface area contributed by atoms with Crippen LogP contribution in [0.4, 0.5) is 5.13 Å². The Kier molecular flexibility index (Phi) is 9.26. The molecule has 2 heterocycles. The fourth-order valence-corrected chi connectivity index (χ4v) is 5.19. The largest absolute Gasteiger partial charge is 0.494 e. The van der Waals surface area contributed by atoms with Gasteiger partial charge in [-0.15, -0.1) is 11.3 Å². The van der Waals surface area contributed by atoms with Crippen molar-refractivity contribution in [1.29, 1.82) is 0 Å². The summed E-state index contributed by atoms with van der Waals surface area (Å²) in [7, 11) is 0. The highest BCUT2D eigenvalue weighted by atomic mass is 35.5. The van der Waals surface area contributed by atoms with E-state index in [0.717, 1.165) is 42.2 Å². The molecular weight excluding hydrogens is 507 g/mol. The molecule has 0 radical (unpaired) electrons. The van der Waals surface area contributed by atoms with Gasteiger partial charge in [0.15, 0.2) is 5.13 Å². The van der Waals surface area contributed by atoms with Crippen LogP contribution in [-0.2, 0) is 9.53 Å². The van der Waals surface area contributed by atoms with Gasteiger partial charge in [-0.3, -0.25) is 9.69 Å². The molecule has 1 aliphatic heterocycles. The van der Waals surface area contributed by atoms with E-state index in [0.29, 0.717) is 47.8 Å². The van der Waals surface area contributed by atoms with E-state index in [9.17, 15) is 4.79 Å². The first kappa shape index (κ1) is 25.8. The van der Waals surface area contributed by atoms with Gasteiger partial charge < -0.3 is 14.2 Å². The van der Waals surface area contributed by atoms with Crippen molar-refractivity contribution in [3.05, 3.63) is 57.9 Å². The van der Waals surface area contributed by atoms with Crippen LogP contribution in [0.2, 0.25) is 10.0 Å². The molecule has 1 saturated heterocycles. The van der Waals surface area contributed by atoms with Gasteiger partial charge in [0.1, 0.15) is 11.5 Å². The minimum absolute atomic E-state index is 0.00102. The molecule has 0 saturated carbocycles. The maximum atomic E-state index is 13.2. The summed E-state index contributed by atoms with van der Waals surface area (Å²) in [6.45, 7) is 4.23. The number of carbonyl (C=O) groups is 1. The third kappa shape index (κ3) is 7.10. The number of amides is 1. The summed E-state index contributed by atoms with van der Waals surface area (Å²) in [6.07, 6.45) is 2.90. The van der Waals surface area contributed by atoms with E-state index in [1.165, 1.54) is 11.3 Å². The Morgan fingerprint density at radius 1 is 1.17 bits per heavy atom. The first-order valence-corrected chi connectivity index (χ1v) is 13.4. The summed E-state index contributed by atoms with van der Waals surface area (Å²) >= 11 is 13.8. The standard InChI is InChI=1S/C26H28Cl2N2O4S/c1-2-32-19-8-10-20(11-9-19)33-14-4-6-25(31)30(16-21-5-3-13-34-21)26-29-24(17-35-26)22-12-7-18(27)15-23(22)28/h7-12,15,17,21H,2-6,13-14,16H2,1H3. The SMILES string of the molecule is CCOc1ccc(OCCCC(=O)N(CC2CCCO2)c2nc(-c3ccc(Cl)cc3Cl)cs2)cc1. The van der Waals surface area contributed by atoms with Gasteiger partial charge in [-0.05, 0) is 68.7 Å². The molecule has 1 fully saturated rings. The number of aromatic nitrogens is 1. The van der Waals surface area contributed by atoms with Crippen LogP contribution in [-0.4, -0.2) is 43.4 Å². The lowest BCUT2D eigenvalue weighted by Gasteiger charge is -2.23. The molecule has 0 spiro atoms. The number of nitrogens with zero attached hydrogens (tertiary/aromatic N) is 2. The minimum atomic E-state index is -0.00102. The molecule has 0 N–H and O–H groups in total. The van der Waals surface area contributed by atoms with Gasteiger partial charge in [-0.25, -0.2) is 4.98 Å². The van der Waals surface area contributed by atoms with Crippen LogP contribution in [0.15, 0.2) is 47.8 Å². The van der Waals surface area contributed by atoms with E-state index >= 15 is 0 Å². The maximum Gasteiger partial charge on any atom is 0.228 e.